The molecule has 2 aromatic rings. The largest absolute Gasteiger partial charge is 0.395 e. The summed E-state index contributed by atoms with van der Waals surface area (Å²) in [5.41, 5.74) is 1.40. The molecule has 112 valence electrons. The molecular formula is C14H18N4O3. The van der Waals surface area contributed by atoms with E-state index in [0.717, 1.165) is 5.69 Å². The minimum Gasteiger partial charge on any atom is -0.395 e. The molecular weight excluding hydrogens is 272 g/mol. The highest BCUT2D eigenvalue weighted by atomic mass is 16.6. The van der Waals surface area contributed by atoms with Crippen LogP contribution < -0.4 is 10.6 Å². The van der Waals surface area contributed by atoms with Crippen LogP contribution in [0, 0.1) is 10.1 Å². The lowest BCUT2D eigenvalue weighted by atomic mass is 10.1. The van der Waals surface area contributed by atoms with E-state index in [2.05, 4.69) is 15.6 Å². The summed E-state index contributed by atoms with van der Waals surface area (Å²) in [4.78, 5) is 14.8. The normalized spacial score (nSPS) is 12.3. The molecule has 7 nitrogen and oxygen atoms in total. The molecule has 0 radical (unpaired) electrons. The number of nitro benzene ring substituents is 1. The van der Waals surface area contributed by atoms with E-state index in [0.29, 0.717) is 24.0 Å². The average molecular weight is 290 g/mol. The third-order valence-corrected chi connectivity index (χ3v) is 3.15. The molecule has 0 fully saturated rings. The van der Waals surface area contributed by atoms with Gasteiger partial charge in [0.25, 0.3) is 5.69 Å². The van der Waals surface area contributed by atoms with Gasteiger partial charge in [-0.15, -0.1) is 0 Å². The summed E-state index contributed by atoms with van der Waals surface area (Å²) in [6, 6.07) is 6.57. The van der Waals surface area contributed by atoms with Crippen molar-refractivity contribution in [3.05, 3.63) is 40.6 Å². The third-order valence-electron chi connectivity index (χ3n) is 3.15. The molecule has 3 N–H and O–H groups in total. The van der Waals surface area contributed by atoms with E-state index in [-0.39, 0.29) is 18.3 Å². The van der Waals surface area contributed by atoms with Crippen molar-refractivity contribution in [1.29, 1.82) is 0 Å². The lowest BCUT2D eigenvalue weighted by Gasteiger charge is -2.12. The molecule has 21 heavy (non-hydrogen) atoms. The predicted molar refractivity (Wildman–Crippen MR) is 81.4 cm³/mol. The summed E-state index contributed by atoms with van der Waals surface area (Å²) in [6.07, 6.45) is 1.61. The molecule has 1 aromatic carbocycles. The summed E-state index contributed by atoms with van der Waals surface area (Å²) in [7, 11) is 0. The number of pyridine rings is 1. The molecule has 1 heterocycles. The number of nitro groups is 1. The predicted octanol–water partition coefficient (Wildman–Crippen LogP) is 1.53. The molecule has 1 atom stereocenters. The number of hydrogen-bond donors (Lipinski definition) is 3. The molecule has 0 unspecified atom stereocenters. The van der Waals surface area contributed by atoms with Crippen molar-refractivity contribution < 1.29 is 10.0 Å². The molecule has 2 rings (SSSR count). The highest BCUT2D eigenvalue weighted by Crippen LogP contribution is 2.29. The van der Waals surface area contributed by atoms with Crippen LogP contribution in [-0.4, -0.2) is 40.8 Å². The number of nitrogens with zero attached hydrogens (tertiary/aromatic N) is 2. The standard InChI is InChI=1S/C14H18N4O3/c1-10(9-19)15-7-8-16-12-4-5-13(18(20)21)11-3-2-6-17-14(11)12/h2-6,10,15-16,19H,7-9H2,1H3/t10-/m1/s1. The summed E-state index contributed by atoms with van der Waals surface area (Å²) in [5.74, 6) is 0. The van der Waals surface area contributed by atoms with Gasteiger partial charge in [-0.1, -0.05) is 0 Å². The van der Waals surface area contributed by atoms with E-state index in [1.807, 2.05) is 6.92 Å². The zero-order valence-electron chi connectivity index (χ0n) is 11.7. The quantitative estimate of drug-likeness (QED) is 0.406. The van der Waals surface area contributed by atoms with Crippen LogP contribution in [0.5, 0.6) is 0 Å². The highest BCUT2D eigenvalue weighted by Gasteiger charge is 2.14. The van der Waals surface area contributed by atoms with Crippen molar-refractivity contribution in [2.45, 2.75) is 13.0 Å². The number of non-ortho nitro benzene ring substituents is 1. The molecule has 0 aliphatic carbocycles. The molecule has 0 saturated carbocycles. The number of nitrogens with one attached hydrogen (secondary N) is 2. The average Bonchev–Trinajstić information content (AvgIpc) is 2.50. The van der Waals surface area contributed by atoms with E-state index >= 15 is 0 Å². The van der Waals surface area contributed by atoms with Crippen LogP contribution >= 0.6 is 0 Å². The number of aliphatic hydroxyl groups is 1. The number of anilines is 1. The van der Waals surface area contributed by atoms with E-state index in [4.69, 9.17) is 5.11 Å². The van der Waals surface area contributed by atoms with Gasteiger partial charge < -0.3 is 15.7 Å². The molecule has 0 saturated heterocycles. The summed E-state index contributed by atoms with van der Waals surface area (Å²) in [5, 5.41) is 26.8. The Hall–Kier alpha value is -2.25. The first-order chi connectivity index (χ1) is 10.1. The maximum absolute atomic E-state index is 11.0. The zero-order valence-corrected chi connectivity index (χ0v) is 11.7. The fraction of sp³-hybridized carbons (Fsp3) is 0.357. The lowest BCUT2D eigenvalue weighted by Crippen LogP contribution is -2.33. The highest BCUT2D eigenvalue weighted by molar-refractivity contribution is 5.96. The number of fused-ring (bicyclic) bond motifs is 1. The van der Waals surface area contributed by atoms with Crippen LogP contribution in [0.4, 0.5) is 11.4 Å². The molecule has 0 amide bonds. The monoisotopic (exact) mass is 290 g/mol. The molecule has 7 heteroatoms. The van der Waals surface area contributed by atoms with Gasteiger partial charge in [0, 0.05) is 31.4 Å². The Morgan fingerprint density at radius 3 is 2.90 bits per heavy atom. The van der Waals surface area contributed by atoms with Gasteiger partial charge >= 0.3 is 0 Å². The SMILES string of the molecule is C[C@H](CO)NCCNc1ccc([N+](=O)[O-])c2cccnc12. The molecule has 1 aromatic heterocycles. The topological polar surface area (TPSA) is 100 Å². The molecule has 0 aliphatic heterocycles. The Morgan fingerprint density at radius 1 is 1.38 bits per heavy atom. The van der Waals surface area contributed by atoms with Gasteiger partial charge in [-0.2, -0.15) is 0 Å². The van der Waals surface area contributed by atoms with Crippen LogP contribution in [-0.2, 0) is 0 Å². The van der Waals surface area contributed by atoms with Crippen molar-refractivity contribution in [1.82, 2.24) is 10.3 Å². The van der Waals surface area contributed by atoms with Crippen molar-refractivity contribution >= 4 is 22.3 Å². The second-order valence-electron chi connectivity index (χ2n) is 4.75. The van der Waals surface area contributed by atoms with Crippen LogP contribution in [0.3, 0.4) is 0 Å². The smallest absolute Gasteiger partial charge is 0.278 e. The Labute approximate surface area is 122 Å². The van der Waals surface area contributed by atoms with Gasteiger partial charge in [-0.25, -0.2) is 0 Å². The number of aromatic nitrogens is 1. The maximum Gasteiger partial charge on any atom is 0.278 e. The second-order valence-corrected chi connectivity index (χ2v) is 4.75. The number of aliphatic hydroxyl groups excluding tert-OH is 1. The number of hydrogen-bond acceptors (Lipinski definition) is 6. The van der Waals surface area contributed by atoms with Gasteiger partial charge in [0.2, 0.25) is 0 Å². The van der Waals surface area contributed by atoms with Gasteiger partial charge in [-0.05, 0) is 25.1 Å². The van der Waals surface area contributed by atoms with Crippen LogP contribution in [0.15, 0.2) is 30.5 Å². The minimum atomic E-state index is -0.404. The van der Waals surface area contributed by atoms with E-state index in [1.165, 1.54) is 6.07 Å². The van der Waals surface area contributed by atoms with E-state index in [9.17, 15) is 10.1 Å². The third kappa shape index (κ3) is 3.65. The van der Waals surface area contributed by atoms with Crippen LogP contribution in [0.25, 0.3) is 10.9 Å². The fourth-order valence-electron chi connectivity index (χ4n) is 2.04. The minimum absolute atomic E-state index is 0.0403. The number of rotatable bonds is 7. The van der Waals surface area contributed by atoms with Crippen LogP contribution in [0.1, 0.15) is 6.92 Å². The Kier molecular flexibility index (Phi) is 5.02. The van der Waals surface area contributed by atoms with Gasteiger partial charge in [0.05, 0.1) is 22.6 Å². The Balaban J connectivity index is 2.14. The Morgan fingerprint density at radius 2 is 2.19 bits per heavy atom. The molecule has 0 aliphatic rings. The van der Waals surface area contributed by atoms with Crippen molar-refractivity contribution in [3.8, 4) is 0 Å². The van der Waals surface area contributed by atoms with Crippen molar-refractivity contribution in [2.75, 3.05) is 25.0 Å². The summed E-state index contributed by atoms with van der Waals surface area (Å²) < 4.78 is 0. The first-order valence-corrected chi connectivity index (χ1v) is 6.73. The van der Waals surface area contributed by atoms with E-state index < -0.39 is 4.92 Å². The summed E-state index contributed by atoms with van der Waals surface area (Å²) >= 11 is 0. The van der Waals surface area contributed by atoms with E-state index in [1.54, 1.807) is 24.4 Å². The van der Waals surface area contributed by atoms with Gasteiger partial charge in [-0.3, -0.25) is 15.1 Å². The first-order valence-electron chi connectivity index (χ1n) is 6.73. The van der Waals surface area contributed by atoms with Crippen molar-refractivity contribution in [3.63, 3.8) is 0 Å². The lowest BCUT2D eigenvalue weighted by molar-refractivity contribution is -0.383. The van der Waals surface area contributed by atoms with Gasteiger partial charge in [0.15, 0.2) is 0 Å². The van der Waals surface area contributed by atoms with Gasteiger partial charge in [0.1, 0.15) is 5.52 Å². The molecule has 0 spiro atoms. The Bertz CT molecular complexity index is 633. The maximum atomic E-state index is 11.0. The van der Waals surface area contributed by atoms with Crippen LogP contribution in [0.2, 0.25) is 0 Å². The van der Waals surface area contributed by atoms with Crippen molar-refractivity contribution in [2.24, 2.45) is 0 Å². The molecule has 0 bridgehead atoms. The number of benzene rings is 1. The fourth-order valence-corrected chi connectivity index (χ4v) is 2.04. The zero-order chi connectivity index (χ0) is 15.2. The summed E-state index contributed by atoms with van der Waals surface area (Å²) in [6.45, 7) is 3.28. The first kappa shape index (κ1) is 15.1. The second kappa shape index (κ2) is 6.96.